The average molecular weight is 284 g/mol. The van der Waals surface area contributed by atoms with Gasteiger partial charge in [0.05, 0.1) is 0 Å². The Labute approximate surface area is 80.5 Å². The fourth-order valence-corrected chi connectivity index (χ4v) is 2.13. The van der Waals surface area contributed by atoms with E-state index in [0.717, 1.165) is 12.4 Å². The summed E-state index contributed by atoms with van der Waals surface area (Å²) in [5, 5.41) is 0. The van der Waals surface area contributed by atoms with Gasteiger partial charge in [-0.2, -0.15) is 0 Å². The Morgan fingerprint density at radius 3 is 2.45 bits per heavy atom. The SMILES string of the molecule is CCOc1ccc([Te]Cl)cc1. The summed E-state index contributed by atoms with van der Waals surface area (Å²) in [4.78, 5) is 0. The molecule has 0 spiro atoms. The molecule has 0 radical (unpaired) electrons. The third kappa shape index (κ3) is 2.91. The van der Waals surface area contributed by atoms with Crippen LogP contribution in [-0.2, 0) is 0 Å². The summed E-state index contributed by atoms with van der Waals surface area (Å²) in [7, 11) is 5.75. The molecule has 3 heteroatoms. The van der Waals surface area contributed by atoms with E-state index in [1.807, 2.05) is 31.2 Å². The molecule has 0 N–H and O–H groups in total. The molecule has 0 aliphatic carbocycles. The summed E-state index contributed by atoms with van der Waals surface area (Å²) < 4.78 is 6.53. The Balaban J connectivity index is 2.66. The minimum atomic E-state index is -0.453. The molecule has 1 aromatic rings. The molecule has 0 unspecified atom stereocenters. The average Bonchev–Trinajstić information content (AvgIpc) is 2.07. The summed E-state index contributed by atoms with van der Waals surface area (Å²) in [5.41, 5.74) is 0. The first-order valence-electron chi connectivity index (χ1n) is 3.38. The molecule has 0 atom stereocenters. The van der Waals surface area contributed by atoms with Crippen LogP contribution in [0.1, 0.15) is 6.92 Å². The molecule has 0 aromatic heterocycles. The van der Waals surface area contributed by atoms with Gasteiger partial charge in [0.15, 0.2) is 0 Å². The Bertz CT molecular complexity index is 210. The van der Waals surface area contributed by atoms with Crippen molar-refractivity contribution < 1.29 is 4.74 Å². The third-order valence-corrected chi connectivity index (χ3v) is 3.70. The zero-order chi connectivity index (χ0) is 8.10. The van der Waals surface area contributed by atoms with Crippen LogP contribution in [0.3, 0.4) is 0 Å². The molecule has 1 rings (SSSR count). The molecule has 0 saturated carbocycles. The van der Waals surface area contributed by atoms with Crippen LogP contribution >= 0.6 is 8.96 Å². The van der Waals surface area contributed by atoms with Crippen LogP contribution in [0.2, 0.25) is 0 Å². The molecule has 0 saturated heterocycles. The van der Waals surface area contributed by atoms with E-state index < -0.39 is 19.8 Å². The zero-order valence-electron chi connectivity index (χ0n) is 6.21. The van der Waals surface area contributed by atoms with Gasteiger partial charge in [0.25, 0.3) is 0 Å². The van der Waals surface area contributed by atoms with Crippen molar-refractivity contribution in [3.8, 4) is 5.75 Å². The Morgan fingerprint density at radius 1 is 1.36 bits per heavy atom. The predicted molar refractivity (Wildman–Crippen MR) is 48.9 cm³/mol. The Morgan fingerprint density at radius 2 is 2.00 bits per heavy atom. The van der Waals surface area contributed by atoms with Gasteiger partial charge >= 0.3 is 80.7 Å². The molecule has 1 aromatic carbocycles. The normalized spacial score (nSPS) is 9.64. The molecule has 0 amide bonds. The first-order valence-corrected chi connectivity index (χ1v) is 7.50. The van der Waals surface area contributed by atoms with Gasteiger partial charge in [-0.3, -0.25) is 0 Å². The maximum absolute atomic E-state index is 5.75. The summed E-state index contributed by atoms with van der Waals surface area (Å²) in [6.45, 7) is 2.70. The predicted octanol–water partition coefficient (Wildman–Crippen LogP) is 1.57. The maximum atomic E-state index is 5.75. The summed E-state index contributed by atoms with van der Waals surface area (Å²) in [6, 6.07) is 7.98. The second-order valence-corrected chi connectivity index (χ2v) is 4.80. The summed E-state index contributed by atoms with van der Waals surface area (Å²) in [6.07, 6.45) is 0. The van der Waals surface area contributed by atoms with E-state index >= 15 is 0 Å². The first-order chi connectivity index (χ1) is 5.36. The number of ether oxygens (including phenoxy) is 1. The van der Waals surface area contributed by atoms with Crippen LogP contribution in [0.15, 0.2) is 24.3 Å². The van der Waals surface area contributed by atoms with Crippen molar-refractivity contribution in [3.05, 3.63) is 24.3 Å². The van der Waals surface area contributed by atoms with E-state index in [-0.39, 0.29) is 0 Å². The zero-order valence-corrected chi connectivity index (χ0v) is 9.30. The van der Waals surface area contributed by atoms with Crippen molar-refractivity contribution in [2.24, 2.45) is 0 Å². The third-order valence-electron chi connectivity index (χ3n) is 1.22. The quantitative estimate of drug-likeness (QED) is 0.766. The first kappa shape index (κ1) is 9.19. The van der Waals surface area contributed by atoms with Crippen LogP contribution in [0.25, 0.3) is 0 Å². The molecule has 0 aliphatic rings. The second-order valence-electron chi connectivity index (χ2n) is 1.98. The van der Waals surface area contributed by atoms with Gasteiger partial charge in [-0.25, -0.2) is 0 Å². The van der Waals surface area contributed by atoms with E-state index in [4.69, 9.17) is 13.7 Å². The van der Waals surface area contributed by atoms with E-state index in [1.165, 1.54) is 3.61 Å². The summed E-state index contributed by atoms with van der Waals surface area (Å²) >= 11 is -0.453. The molecular weight excluding hydrogens is 275 g/mol. The standard InChI is InChI=1S/C8H9ClOTe/c1-2-10-7-3-5-8(11-9)6-4-7/h3-6H,2H2,1H3. The molecule has 0 fully saturated rings. The van der Waals surface area contributed by atoms with Crippen molar-refractivity contribution in [3.63, 3.8) is 0 Å². The van der Waals surface area contributed by atoms with Gasteiger partial charge in [-0.15, -0.1) is 0 Å². The van der Waals surface area contributed by atoms with Crippen molar-refractivity contribution in [2.75, 3.05) is 6.61 Å². The molecular formula is C8H9ClOTe. The molecule has 0 heterocycles. The number of hydrogen-bond acceptors (Lipinski definition) is 1. The van der Waals surface area contributed by atoms with Crippen molar-refractivity contribution in [2.45, 2.75) is 6.92 Å². The van der Waals surface area contributed by atoms with Crippen LogP contribution in [0.4, 0.5) is 0 Å². The fraction of sp³-hybridized carbons (Fsp3) is 0.250. The van der Waals surface area contributed by atoms with Gasteiger partial charge in [0.1, 0.15) is 0 Å². The molecule has 11 heavy (non-hydrogen) atoms. The second kappa shape index (κ2) is 4.87. The van der Waals surface area contributed by atoms with Gasteiger partial charge < -0.3 is 0 Å². The number of hydrogen-bond donors (Lipinski definition) is 0. The van der Waals surface area contributed by atoms with Gasteiger partial charge in [-0.1, -0.05) is 0 Å². The van der Waals surface area contributed by atoms with Crippen LogP contribution in [0, 0.1) is 0 Å². The number of rotatable bonds is 3. The number of halogens is 1. The van der Waals surface area contributed by atoms with E-state index in [9.17, 15) is 0 Å². The molecule has 0 aliphatic heterocycles. The number of benzene rings is 1. The van der Waals surface area contributed by atoms with Crippen LogP contribution in [0.5, 0.6) is 5.75 Å². The van der Waals surface area contributed by atoms with Crippen molar-refractivity contribution >= 4 is 32.4 Å². The van der Waals surface area contributed by atoms with Crippen LogP contribution in [-0.4, -0.2) is 26.4 Å². The van der Waals surface area contributed by atoms with Crippen molar-refractivity contribution in [1.82, 2.24) is 0 Å². The molecule has 60 valence electrons. The van der Waals surface area contributed by atoms with Gasteiger partial charge in [-0.05, 0) is 0 Å². The Hall–Kier alpha value is 0.0996. The Kier molecular flexibility index (Phi) is 4.07. The topological polar surface area (TPSA) is 9.23 Å². The molecule has 1 nitrogen and oxygen atoms in total. The fourth-order valence-electron chi connectivity index (χ4n) is 0.754. The van der Waals surface area contributed by atoms with E-state index in [2.05, 4.69) is 0 Å². The minimum absolute atomic E-state index is 0.453. The van der Waals surface area contributed by atoms with Crippen LogP contribution < -0.4 is 8.35 Å². The monoisotopic (exact) mass is 286 g/mol. The van der Waals surface area contributed by atoms with Gasteiger partial charge in [0.2, 0.25) is 0 Å². The van der Waals surface area contributed by atoms with Gasteiger partial charge in [0, 0.05) is 0 Å². The van der Waals surface area contributed by atoms with Crippen molar-refractivity contribution in [1.29, 1.82) is 0 Å². The van der Waals surface area contributed by atoms with E-state index in [0.29, 0.717) is 0 Å². The van der Waals surface area contributed by atoms with E-state index in [1.54, 1.807) is 0 Å². The summed E-state index contributed by atoms with van der Waals surface area (Å²) in [5.74, 6) is 0.925. The molecule has 0 bridgehead atoms.